The Morgan fingerprint density at radius 2 is 1.56 bits per heavy atom. The van der Waals surface area contributed by atoms with E-state index in [-0.39, 0.29) is 0 Å². The number of hydrogen-bond acceptors (Lipinski definition) is 2. The molecule has 4 heteroatoms. The topological polar surface area (TPSA) is 18.5 Å². The first-order valence-corrected chi connectivity index (χ1v) is 6.00. The van der Waals surface area contributed by atoms with Crippen molar-refractivity contribution in [3.05, 3.63) is 46.4 Å². The van der Waals surface area contributed by atoms with E-state index in [2.05, 4.69) is 6.07 Å². The number of methoxy groups -OCH3 is 2. The van der Waals surface area contributed by atoms with Gasteiger partial charge in [-0.1, -0.05) is 23.2 Å². The van der Waals surface area contributed by atoms with Gasteiger partial charge in [0.25, 0.3) is 0 Å². The Bertz CT molecular complexity index is 545. The van der Waals surface area contributed by atoms with Crippen LogP contribution in [0.3, 0.4) is 0 Å². The maximum absolute atomic E-state index is 6.15. The van der Waals surface area contributed by atoms with Crippen LogP contribution in [0.1, 0.15) is 0 Å². The Kier molecular flexibility index (Phi) is 4.00. The second-order valence-electron chi connectivity index (χ2n) is 3.64. The lowest BCUT2D eigenvalue weighted by molar-refractivity contribution is 0.394. The lowest BCUT2D eigenvalue weighted by Crippen LogP contribution is -1.89. The molecule has 0 aliphatic rings. The van der Waals surface area contributed by atoms with E-state index in [1.165, 1.54) is 0 Å². The number of rotatable bonds is 3. The molecule has 2 aromatic carbocycles. The molecule has 0 heterocycles. The molecule has 2 rings (SSSR count). The number of halogens is 2. The molecule has 0 N–H and O–H groups in total. The van der Waals surface area contributed by atoms with Crippen molar-refractivity contribution in [1.29, 1.82) is 0 Å². The van der Waals surface area contributed by atoms with E-state index in [4.69, 9.17) is 32.7 Å². The van der Waals surface area contributed by atoms with E-state index < -0.39 is 0 Å². The van der Waals surface area contributed by atoms with Crippen molar-refractivity contribution in [3.8, 4) is 22.6 Å². The maximum Gasteiger partial charge on any atom is 0.123 e. The average molecular weight is 282 g/mol. The highest BCUT2D eigenvalue weighted by Gasteiger charge is 2.08. The van der Waals surface area contributed by atoms with Crippen LogP contribution in [-0.4, -0.2) is 14.2 Å². The van der Waals surface area contributed by atoms with Crippen molar-refractivity contribution in [2.75, 3.05) is 14.2 Å². The molecule has 0 spiro atoms. The monoisotopic (exact) mass is 281 g/mol. The van der Waals surface area contributed by atoms with Crippen LogP contribution in [-0.2, 0) is 0 Å². The molecular weight excluding hydrogens is 271 g/mol. The second-order valence-corrected chi connectivity index (χ2v) is 4.46. The van der Waals surface area contributed by atoms with Crippen LogP contribution in [0.15, 0.2) is 30.3 Å². The van der Waals surface area contributed by atoms with Gasteiger partial charge in [0.15, 0.2) is 0 Å². The molecule has 0 saturated carbocycles. The van der Waals surface area contributed by atoms with E-state index >= 15 is 0 Å². The summed E-state index contributed by atoms with van der Waals surface area (Å²) in [6.07, 6.45) is 0. The predicted molar refractivity (Wildman–Crippen MR) is 73.8 cm³/mol. The van der Waals surface area contributed by atoms with Crippen LogP contribution in [0.25, 0.3) is 11.1 Å². The predicted octanol–water partition coefficient (Wildman–Crippen LogP) is 4.48. The van der Waals surface area contributed by atoms with Gasteiger partial charge in [0.2, 0.25) is 0 Å². The summed E-state index contributed by atoms with van der Waals surface area (Å²) in [6.45, 7) is 0. The van der Waals surface area contributed by atoms with Crippen molar-refractivity contribution in [1.82, 2.24) is 0 Å². The van der Waals surface area contributed by atoms with Gasteiger partial charge in [-0.05, 0) is 29.8 Å². The molecule has 0 bridgehead atoms. The van der Waals surface area contributed by atoms with Crippen molar-refractivity contribution < 1.29 is 9.47 Å². The van der Waals surface area contributed by atoms with Crippen LogP contribution >= 0.6 is 23.2 Å². The summed E-state index contributed by atoms with van der Waals surface area (Å²) in [5.41, 5.74) is 1.70. The van der Waals surface area contributed by atoms with Gasteiger partial charge < -0.3 is 9.47 Å². The van der Waals surface area contributed by atoms with E-state index in [1.54, 1.807) is 32.4 Å². The number of ether oxygens (including phenoxy) is 2. The minimum absolute atomic E-state index is 0.510. The third kappa shape index (κ3) is 2.71. The smallest absolute Gasteiger partial charge is 0.123 e. The standard InChI is InChI=1S/C14H11Cl2O2/c1-17-11-5-9(6-12(8-11)18-2)13-7-10(15)3-4-14(13)16/h4-8H,1-2H3. The molecular formula is C14H11Cl2O2. The van der Waals surface area contributed by atoms with E-state index in [9.17, 15) is 0 Å². The number of benzene rings is 2. The molecule has 0 amide bonds. The molecule has 2 aromatic rings. The van der Waals surface area contributed by atoms with Gasteiger partial charge in [-0.15, -0.1) is 0 Å². The minimum atomic E-state index is 0.510. The van der Waals surface area contributed by atoms with E-state index in [0.717, 1.165) is 11.1 Å². The van der Waals surface area contributed by atoms with Crippen LogP contribution in [0.4, 0.5) is 0 Å². The summed E-state index contributed by atoms with van der Waals surface area (Å²) in [5, 5.41) is 1.09. The third-order valence-corrected chi connectivity index (χ3v) is 3.06. The molecule has 0 aliphatic carbocycles. The first-order valence-electron chi connectivity index (χ1n) is 5.24. The summed E-state index contributed by atoms with van der Waals surface area (Å²) < 4.78 is 10.5. The molecule has 0 aromatic heterocycles. The molecule has 18 heavy (non-hydrogen) atoms. The van der Waals surface area contributed by atoms with Gasteiger partial charge in [-0.3, -0.25) is 0 Å². The van der Waals surface area contributed by atoms with Gasteiger partial charge in [0.1, 0.15) is 11.5 Å². The van der Waals surface area contributed by atoms with Crippen LogP contribution in [0.5, 0.6) is 11.5 Å². The fourth-order valence-corrected chi connectivity index (χ4v) is 2.01. The Morgan fingerprint density at radius 3 is 2.11 bits per heavy atom. The lowest BCUT2D eigenvalue weighted by atomic mass is 10.0. The van der Waals surface area contributed by atoms with Crippen LogP contribution in [0.2, 0.25) is 10.0 Å². The Labute approximate surface area is 116 Å². The van der Waals surface area contributed by atoms with Gasteiger partial charge in [0.05, 0.1) is 14.2 Å². The summed E-state index contributed by atoms with van der Waals surface area (Å²) in [7, 11) is 3.21. The van der Waals surface area contributed by atoms with E-state index in [0.29, 0.717) is 21.5 Å². The normalized spacial score (nSPS) is 10.2. The fraction of sp³-hybridized carbons (Fsp3) is 0.143. The Balaban J connectivity index is 2.58. The van der Waals surface area contributed by atoms with Gasteiger partial charge >= 0.3 is 0 Å². The SMILES string of the molecule is COc1cc(OC)cc(-c2cc(Cl)[c]cc2Cl)c1. The minimum Gasteiger partial charge on any atom is -0.497 e. The largest absolute Gasteiger partial charge is 0.497 e. The average Bonchev–Trinajstić information content (AvgIpc) is 2.40. The summed E-state index contributed by atoms with van der Waals surface area (Å²) in [5.74, 6) is 1.40. The van der Waals surface area contributed by atoms with E-state index in [1.807, 2.05) is 12.1 Å². The molecule has 0 saturated heterocycles. The maximum atomic E-state index is 6.15. The third-order valence-electron chi connectivity index (χ3n) is 2.53. The Hall–Kier alpha value is -1.38. The highest BCUT2D eigenvalue weighted by atomic mass is 35.5. The molecule has 0 atom stereocenters. The summed E-state index contributed by atoms with van der Waals surface area (Å²) in [4.78, 5) is 0. The molecule has 2 nitrogen and oxygen atoms in total. The fourth-order valence-electron chi connectivity index (χ4n) is 1.63. The first-order chi connectivity index (χ1) is 8.63. The summed E-state index contributed by atoms with van der Waals surface area (Å²) in [6, 6.07) is 11.8. The van der Waals surface area contributed by atoms with Crippen molar-refractivity contribution in [3.63, 3.8) is 0 Å². The van der Waals surface area contributed by atoms with Gasteiger partial charge in [-0.2, -0.15) is 0 Å². The van der Waals surface area contributed by atoms with Crippen LogP contribution < -0.4 is 9.47 Å². The lowest BCUT2D eigenvalue weighted by Gasteiger charge is -2.10. The molecule has 0 unspecified atom stereocenters. The van der Waals surface area contributed by atoms with Crippen molar-refractivity contribution in [2.24, 2.45) is 0 Å². The van der Waals surface area contributed by atoms with Gasteiger partial charge in [-0.25, -0.2) is 0 Å². The molecule has 93 valence electrons. The molecule has 1 radical (unpaired) electrons. The zero-order chi connectivity index (χ0) is 13.1. The molecule has 0 aliphatic heterocycles. The quantitative estimate of drug-likeness (QED) is 0.826. The molecule has 0 fully saturated rings. The Morgan fingerprint density at radius 1 is 0.944 bits per heavy atom. The zero-order valence-corrected chi connectivity index (χ0v) is 11.5. The zero-order valence-electron chi connectivity index (χ0n) is 9.96. The summed E-state index contributed by atoms with van der Waals surface area (Å²) >= 11 is 12.1. The highest BCUT2D eigenvalue weighted by molar-refractivity contribution is 6.35. The highest BCUT2D eigenvalue weighted by Crippen LogP contribution is 2.35. The number of hydrogen-bond donors (Lipinski definition) is 0. The van der Waals surface area contributed by atoms with Crippen molar-refractivity contribution >= 4 is 23.2 Å². The first kappa shape index (κ1) is 13.1. The second kappa shape index (κ2) is 5.51. The van der Waals surface area contributed by atoms with Crippen molar-refractivity contribution in [2.45, 2.75) is 0 Å². The van der Waals surface area contributed by atoms with Gasteiger partial charge in [0, 0.05) is 27.7 Å². The van der Waals surface area contributed by atoms with Crippen LogP contribution in [0, 0.1) is 6.07 Å².